The molecule has 1 aromatic carbocycles. The molecule has 3 nitrogen and oxygen atoms in total. The van der Waals surface area contributed by atoms with E-state index in [4.69, 9.17) is 17.3 Å². The zero-order valence-corrected chi connectivity index (χ0v) is 11.7. The van der Waals surface area contributed by atoms with Gasteiger partial charge in [0.2, 0.25) is 0 Å². The van der Waals surface area contributed by atoms with E-state index in [1.807, 2.05) is 0 Å². The van der Waals surface area contributed by atoms with Crippen LogP contribution in [0.15, 0.2) is 33.4 Å². The summed E-state index contributed by atoms with van der Waals surface area (Å²) in [5.74, 6) is -0.209. The predicted molar refractivity (Wildman–Crippen MR) is 75.8 cm³/mol. The molecule has 0 aliphatic rings. The third-order valence-corrected chi connectivity index (χ3v) is 3.90. The number of carbonyl (C=O) groups is 1. The number of benzene rings is 1. The van der Waals surface area contributed by atoms with E-state index < -0.39 is 0 Å². The highest BCUT2D eigenvalue weighted by atomic mass is 79.9. The Bertz CT molecular complexity index is 570. The lowest BCUT2D eigenvalue weighted by atomic mass is 10.2. The van der Waals surface area contributed by atoms with Gasteiger partial charge in [-0.05, 0) is 40.2 Å². The second kappa shape index (κ2) is 5.08. The van der Waals surface area contributed by atoms with Crippen LogP contribution in [0.25, 0.3) is 0 Å². The summed E-state index contributed by atoms with van der Waals surface area (Å²) in [5, 5.41) is 4.94. The topological polar surface area (TPSA) is 55.1 Å². The van der Waals surface area contributed by atoms with Crippen molar-refractivity contribution in [2.24, 2.45) is 0 Å². The van der Waals surface area contributed by atoms with Gasteiger partial charge in [0.25, 0.3) is 5.91 Å². The van der Waals surface area contributed by atoms with Crippen molar-refractivity contribution in [1.29, 1.82) is 0 Å². The van der Waals surface area contributed by atoms with Gasteiger partial charge in [0.1, 0.15) is 0 Å². The predicted octanol–water partition coefficient (Wildman–Crippen LogP) is 4.00. The number of thiophene rings is 1. The summed E-state index contributed by atoms with van der Waals surface area (Å²) in [5.41, 5.74) is 7.28. The number of nitrogen functional groups attached to an aromatic ring is 1. The third-order valence-electron chi connectivity index (χ3n) is 2.07. The van der Waals surface area contributed by atoms with Gasteiger partial charge in [0.15, 0.2) is 0 Å². The molecule has 0 bridgehead atoms. The summed E-state index contributed by atoms with van der Waals surface area (Å²) in [6, 6.07) is 6.71. The summed E-state index contributed by atoms with van der Waals surface area (Å²) in [7, 11) is 0. The van der Waals surface area contributed by atoms with Crippen LogP contribution in [-0.2, 0) is 0 Å². The van der Waals surface area contributed by atoms with E-state index in [9.17, 15) is 4.79 Å². The van der Waals surface area contributed by atoms with E-state index in [2.05, 4.69) is 21.2 Å². The first-order chi connectivity index (χ1) is 8.06. The maximum absolute atomic E-state index is 11.9. The monoisotopic (exact) mass is 330 g/mol. The second-order valence-electron chi connectivity index (χ2n) is 3.33. The lowest BCUT2D eigenvalue weighted by Gasteiger charge is -2.06. The number of amides is 1. The van der Waals surface area contributed by atoms with Gasteiger partial charge >= 0.3 is 0 Å². The van der Waals surface area contributed by atoms with Gasteiger partial charge in [-0.15, -0.1) is 11.3 Å². The Hall–Kier alpha value is -1.04. The van der Waals surface area contributed by atoms with Gasteiger partial charge in [-0.3, -0.25) is 4.79 Å². The minimum absolute atomic E-state index is 0.209. The largest absolute Gasteiger partial charge is 0.399 e. The number of hydrogen-bond donors (Lipinski definition) is 2. The molecule has 0 spiro atoms. The first-order valence-corrected chi connectivity index (χ1v) is 6.72. The van der Waals surface area contributed by atoms with E-state index in [0.717, 1.165) is 3.79 Å². The number of hydrogen-bond acceptors (Lipinski definition) is 3. The summed E-state index contributed by atoms with van der Waals surface area (Å²) < 4.78 is 0.904. The van der Waals surface area contributed by atoms with Gasteiger partial charge in [-0.2, -0.15) is 0 Å². The zero-order valence-electron chi connectivity index (χ0n) is 8.54. The van der Waals surface area contributed by atoms with Crippen molar-refractivity contribution < 1.29 is 4.79 Å². The Labute approximate surface area is 116 Å². The van der Waals surface area contributed by atoms with Crippen molar-refractivity contribution in [3.63, 3.8) is 0 Å². The molecule has 0 saturated carbocycles. The van der Waals surface area contributed by atoms with E-state index >= 15 is 0 Å². The van der Waals surface area contributed by atoms with Gasteiger partial charge in [0.05, 0.1) is 20.1 Å². The molecule has 2 rings (SSSR count). The second-order valence-corrected chi connectivity index (χ2v) is 6.03. The Morgan fingerprint density at radius 2 is 2.18 bits per heavy atom. The van der Waals surface area contributed by atoms with Crippen LogP contribution in [0.3, 0.4) is 0 Å². The van der Waals surface area contributed by atoms with Crippen molar-refractivity contribution in [2.75, 3.05) is 11.1 Å². The maximum atomic E-state index is 11.9. The fourth-order valence-electron chi connectivity index (χ4n) is 1.26. The summed E-state index contributed by atoms with van der Waals surface area (Å²) in [6.45, 7) is 0. The van der Waals surface area contributed by atoms with Crippen LogP contribution in [0.1, 0.15) is 10.4 Å². The van der Waals surface area contributed by atoms with Crippen molar-refractivity contribution in [1.82, 2.24) is 0 Å². The fraction of sp³-hybridized carbons (Fsp3) is 0. The average molecular weight is 332 g/mol. The molecular formula is C11H8BrClN2OS. The average Bonchev–Trinajstić information content (AvgIpc) is 2.70. The van der Waals surface area contributed by atoms with Gasteiger partial charge in [-0.1, -0.05) is 11.6 Å². The molecule has 6 heteroatoms. The van der Waals surface area contributed by atoms with Crippen molar-refractivity contribution in [3.05, 3.63) is 44.0 Å². The van der Waals surface area contributed by atoms with E-state index in [1.165, 1.54) is 11.3 Å². The smallest absolute Gasteiger partial charge is 0.256 e. The number of nitrogens with two attached hydrogens (primary N) is 1. The molecule has 1 heterocycles. The lowest BCUT2D eigenvalue weighted by Crippen LogP contribution is -2.11. The SMILES string of the molecule is Nc1ccc(Cl)c(NC(=O)c2csc(Br)c2)c1. The standard InChI is InChI=1S/C11H8BrClN2OS/c12-10-3-6(5-17-10)11(16)15-9-4-7(14)1-2-8(9)13/h1-5H,14H2,(H,15,16). The highest BCUT2D eigenvalue weighted by Gasteiger charge is 2.10. The molecule has 0 fully saturated rings. The van der Waals surface area contributed by atoms with Gasteiger partial charge < -0.3 is 11.1 Å². The molecule has 0 aliphatic carbocycles. The highest BCUT2D eigenvalue weighted by Crippen LogP contribution is 2.26. The van der Waals surface area contributed by atoms with Crippen molar-refractivity contribution in [3.8, 4) is 0 Å². The molecule has 0 radical (unpaired) electrons. The highest BCUT2D eigenvalue weighted by molar-refractivity contribution is 9.11. The van der Waals surface area contributed by atoms with Crippen LogP contribution in [0.2, 0.25) is 5.02 Å². The molecule has 17 heavy (non-hydrogen) atoms. The van der Waals surface area contributed by atoms with E-state index in [1.54, 1.807) is 29.6 Å². The van der Waals surface area contributed by atoms with Crippen LogP contribution in [0, 0.1) is 0 Å². The first-order valence-electron chi connectivity index (χ1n) is 4.66. The number of halogens is 2. The van der Waals surface area contributed by atoms with Gasteiger partial charge in [-0.25, -0.2) is 0 Å². The number of rotatable bonds is 2. The normalized spacial score (nSPS) is 10.2. The molecule has 1 amide bonds. The number of nitrogens with one attached hydrogen (secondary N) is 1. The molecular weight excluding hydrogens is 324 g/mol. The quantitative estimate of drug-likeness (QED) is 0.817. The molecule has 0 aliphatic heterocycles. The van der Waals surface area contributed by atoms with Crippen LogP contribution in [0.4, 0.5) is 11.4 Å². The first kappa shape index (κ1) is 12.4. The molecule has 88 valence electrons. The summed E-state index contributed by atoms with van der Waals surface area (Å²) in [4.78, 5) is 11.9. The maximum Gasteiger partial charge on any atom is 0.256 e. The van der Waals surface area contributed by atoms with Crippen molar-refractivity contribution in [2.45, 2.75) is 0 Å². The molecule has 3 N–H and O–H groups in total. The van der Waals surface area contributed by atoms with Crippen LogP contribution in [-0.4, -0.2) is 5.91 Å². The minimum atomic E-state index is -0.209. The van der Waals surface area contributed by atoms with E-state index in [0.29, 0.717) is 22.0 Å². The molecule has 0 atom stereocenters. The van der Waals surface area contributed by atoms with Crippen LogP contribution >= 0.6 is 38.9 Å². The van der Waals surface area contributed by atoms with Crippen LogP contribution in [0.5, 0.6) is 0 Å². The minimum Gasteiger partial charge on any atom is -0.399 e. The molecule has 0 unspecified atom stereocenters. The molecule has 2 aromatic rings. The van der Waals surface area contributed by atoms with Crippen molar-refractivity contribution >= 4 is 56.1 Å². The Kier molecular flexibility index (Phi) is 3.71. The zero-order chi connectivity index (χ0) is 12.4. The number of anilines is 2. The van der Waals surface area contributed by atoms with E-state index in [-0.39, 0.29) is 5.91 Å². The Balaban J connectivity index is 2.21. The fourth-order valence-corrected chi connectivity index (χ4v) is 2.56. The summed E-state index contributed by atoms with van der Waals surface area (Å²) >= 11 is 10.7. The molecule has 1 aromatic heterocycles. The van der Waals surface area contributed by atoms with Gasteiger partial charge in [0, 0.05) is 11.1 Å². The molecule has 0 saturated heterocycles. The van der Waals surface area contributed by atoms with Crippen LogP contribution < -0.4 is 11.1 Å². The Morgan fingerprint density at radius 3 is 2.82 bits per heavy atom. The summed E-state index contributed by atoms with van der Waals surface area (Å²) in [6.07, 6.45) is 0. The number of carbonyl (C=O) groups excluding carboxylic acids is 1. The lowest BCUT2D eigenvalue weighted by molar-refractivity contribution is 0.102. The Morgan fingerprint density at radius 1 is 1.41 bits per heavy atom. The third kappa shape index (κ3) is 3.00.